The van der Waals surface area contributed by atoms with Gasteiger partial charge in [0.2, 0.25) is 10.0 Å². The number of aromatic nitrogens is 2. The van der Waals surface area contributed by atoms with Crippen LogP contribution in [-0.2, 0) is 16.6 Å². The Bertz CT molecular complexity index is 545. The summed E-state index contributed by atoms with van der Waals surface area (Å²) in [6, 6.07) is 0. The second-order valence-corrected chi connectivity index (χ2v) is 7.13. The molecule has 0 spiro atoms. The minimum absolute atomic E-state index is 0.0850. The maximum absolute atomic E-state index is 12.5. The Morgan fingerprint density at radius 3 is 2.58 bits per heavy atom. The van der Waals surface area contributed by atoms with Crippen LogP contribution in [0.2, 0.25) is 0 Å². The first-order valence-corrected chi connectivity index (χ1v) is 8.05. The molecule has 1 heterocycles. The molecule has 3 N–H and O–H groups in total. The van der Waals surface area contributed by atoms with Crippen LogP contribution in [-0.4, -0.2) is 29.3 Å². The van der Waals surface area contributed by atoms with E-state index in [2.05, 4.69) is 14.9 Å². The minimum atomic E-state index is -3.65. The molecule has 1 aromatic heterocycles. The van der Waals surface area contributed by atoms with Crippen LogP contribution >= 0.6 is 0 Å². The average molecular weight is 287 g/mol. The molecule has 1 aliphatic carbocycles. The fraction of sp³-hybridized carbons (Fsp3) is 0.750. The predicted molar refractivity (Wildman–Crippen MR) is 71.1 cm³/mol. The van der Waals surface area contributed by atoms with Crippen LogP contribution in [0.25, 0.3) is 0 Å². The van der Waals surface area contributed by atoms with Crippen molar-refractivity contribution in [2.45, 2.75) is 63.0 Å². The molecule has 0 atom stereocenters. The van der Waals surface area contributed by atoms with E-state index >= 15 is 0 Å². The average Bonchev–Trinajstić information content (AvgIpc) is 2.70. The standard InChI is InChI=1S/C12H21N3O3S/c1-9-11(10(8-16)14-13-9)19(17,18)15-12(2)6-4-3-5-7-12/h15-16H,3-8H2,1-2H3,(H,13,14). The van der Waals surface area contributed by atoms with Gasteiger partial charge >= 0.3 is 0 Å². The van der Waals surface area contributed by atoms with Crippen LogP contribution in [0.4, 0.5) is 0 Å². The van der Waals surface area contributed by atoms with Crippen molar-refractivity contribution in [2.75, 3.05) is 0 Å². The number of rotatable bonds is 4. The van der Waals surface area contributed by atoms with Crippen LogP contribution in [0, 0.1) is 6.92 Å². The molecule has 0 bridgehead atoms. The summed E-state index contributed by atoms with van der Waals surface area (Å²) in [7, 11) is -3.65. The third-order valence-electron chi connectivity index (χ3n) is 3.72. The maximum atomic E-state index is 12.5. The number of nitrogens with zero attached hydrogens (tertiary/aromatic N) is 1. The van der Waals surface area contributed by atoms with Crippen LogP contribution < -0.4 is 4.72 Å². The summed E-state index contributed by atoms with van der Waals surface area (Å²) in [4.78, 5) is 0.0850. The van der Waals surface area contributed by atoms with Crippen molar-refractivity contribution in [1.29, 1.82) is 0 Å². The van der Waals surface area contributed by atoms with Crippen LogP contribution in [0.3, 0.4) is 0 Å². The quantitative estimate of drug-likeness (QED) is 0.775. The largest absolute Gasteiger partial charge is 0.390 e. The van der Waals surface area contributed by atoms with Gasteiger partial charge in [0.25, 0.3) is 0 Å². The van der Waals surface area contributed by atoms with Crippen LogP contribution in [0.5, 0.6) is 0 Å². The first kappa shape index (κ1) is 14.5. The first-order chi connectivity index (χ1) is 8.88. The number of aryl methyl sites for hydroxylation is 1. The molecule has 0 radical (unpaired) electrons. The molecule has 0 aromatic carbocycles. The van der Waals surface area contributed by atoms with Crippen molar-refractivity contribution in [3.05, 3.63) is 11.4 Å². The number of aliphatic hydroxyl groups excluding tert-OH is 1. The van der Waals surface area contributed by atoms with Gasteiger partial charge in [-0.1, -0.05) is 19.3 Å². The molecule has 19 heavy (non-hydrogen) atoms. The van der Waals surface area contributed by atoms with Gasteiger partial charge in [-0.05, 0) is 26.7 Å². The molecule has 1 saturated carbocycles. The van der Waals surface area contributed by atoms with Gasteiger partial charge in [0.05, 0.1) is 12.3 Å². The van der Waals surface area contributed by atoms with Crippen molar-refractivity contribution in [2.24, 2.45) is 0 Å². The Morgan fingerprint density at radius 2 is 2.00 bits per heavy atom. The normalized spacial score (nSPS) is 19.5. The molecule has 0 saturated heterocycles. The highest BCUT2D eigenvalue weighted by atomic mass is 32.2. The molecule has 1 aliphatic rings. The number of H-pyrrole nitrogens is 1. The van der Waals surface area contributed by atoms with Gasteiger partial charge < -0.3 is 5.11 Å². The number of hydrogen-bond donors (Lipinski definition) is 3. The van der Waals surface area contributed by atoms with Crippen LogP contribution in [0.1, 0.15) is 50.4 Å². The zero-order valence-electron chi connectivity index (χ0n) is 11.4. The molecule has 1 fully saturated rings. The summed E-state index contributed by atoms with van der Waals surface area (Å²) in [5.41, 5.74) is 0.230. The second kappa shape index (κ2) is 5.22. The Kier molecular flexibility index (Phi) is 3.98. The minimum Gasteiger partial charge on any atom is -0.390 e. The lowest BCUT2D eigenvalue weighted by Gasteiger charge is -2.34. The Balaban J connectivity index is 2.29. The number of nitrogens with one attached hydrogen (secondary N) is 2. The highest BCUT2D eigenvalue weighted by molar-refractivity contribution is 7.89. The predicted octanol–water partition coefficient (Wildman–Crippen LogP) is 1.21. The van der Waals surface area contributed by atoms with Gasteiger partial charge in [-0.3, -0.25) is 5.10 Å². The summed E-state index contributed by atoms with van der Waals surface area (Å²) in [6.45, 7) is 3.19. The summed E-state index contributed by atoms with van der Waals surface area (Å²) in [5, 5.41) is 15.6. The topological polar surface area (TPSA) is 95.1 Å². The monoisotopic (exact) mass is 287 g/mol. The van der Waals surface area contributed by atoms with Crippen molar-refractivity contribution >= 4 is 10.0 Å². The van der Waals surface area contributed by atoms with E-state index in [4.69, 9.17) is 0 Å². The van der Waals surface area contributed by atoms with Crippen molar-refractivity contribution in [3.8, 4) is 0 Å². The summed E-state index contributed by atoms with van der Waals surface area (Å²) in [5.74, 6) is 0. The summed E-state index contributed by atoms with van der Waals surface area (Å²) >= 11 is 0. The zero-order valence-corrected chi connectivity index (χ0v) is 12.2. The summed E-state index contributed by atoms with van der Waals surface area (Å²) < 4.78 is 27.8. The van der Waals surface area contributed by atoms with E-state index in [0.717, 1.165) is 32.1 Å². The first-order valence-electron chi connectivity index (χ1n) is 6.57. The SMILES string of the molecule is Cc1[nH]nc(CO)c1S(=O)(=O)NC1(C)CCCCC1. The molecule has 0 amide bonds. The van der Waals surface area contributed by atoms with E-state index in [-0.39, 0.29) is 10.6 Å². The fourth-order valence-corrected chi connectivity index (χ4v) is 4.57. The maximum Gasteiger partial charge on any atom is 0.244 e. The Morgan fingerprint density at radius 1 is 1.37 bits per heavy atom. The molecule has 7 heteroatoms. The lowest BCUT2D eigenvalue weighted by Crippen LogP contribution is -2.47. The number of aliphatic hydroxyl groups is 1. The van der Waals surface area contributed by atoms with Gasteiger partial charge in [-0.25, -0.2) is 13.1 Å². The van der Waals surface area contributed by atoms with Gasteiger partial charge in [-0.2, -0.15) is 5.10 Å². The lowest BCUT2D eigenvalue weighted by molar-refractivity contribution is 0.272. The second-order valence-electron chi connectivity index (χ2n) is 5.51. The van der Waals surface area contributed by atoms with Gasteiger partial charge in [0.15, 0.2) is 0 Å². The molecular formula is C12H21N3O3S. The van der Waals surface area contributed by atoms with E-state index in [0.29, 0.717) is 5.69 Å². The third kappa shape index (κ3) is 2.98. The van der Waals surface area contributed by atoms with E-state index in [1.165, 1.54) is 0 Å². The molecule has 1 aromatic rings. The molecular weight excluding hydrogens is 266 g/mol. The van der Waals surface area contributed by atoms with Crippen molar-refractivity contribution < 1.29 is 13.5 Å². The fourth-order valence-electron chi connectivity index (χ4n) is 2.74. The van der Waals surface area contributed by atoms with E-state index in [9.17, 15) is 13.5 Å². The van der Waals surface area contributed by atoms with Gasteiger partial charge in [0, 0.05) is 5.54 Å². The molecule has 6 nitrogen and oxygen atoms in total. The number of hydrogen-bond acceptors (Lipinski definition) is 4. The van der Waals surface area contributed by atoms with Crippen molar-refractivity contribution in [3.63, 3.8) is 0 Å². The molecule has 108 valence electrons. The third-order valence-corrected chi connectivity index (χ3v) is 5.56. The highest BCUT2D eigenvalue weighted by Gasteiger charge is 2.34. The Hall–Kier alpha value is -0.920. The molecule has 2 rings (SSSR count). The lowest BCUT2D eigenvalue weighted by atomic mass is 9.84. The summed E-state index contributed by atoms with van der Waals surface area (Å²) in [6.07, 6.45) is 4.92. The number of sulfonamides is 1. The van der Waals surface area contributed by atoms with E-state index < -0.39 is 22.2 Å². The van der Waals surface area contributed by atoms with Crippen molar-refractivity contribution in [1.82, 2.24) is 14.9 Å². The smallest absolute Gasteiger partial charge is 0.244 e. The van der Waals surface area contributed by atoms with Gasteiger partial charge in [-0.15, -0.1) is 0 Å². The van der Waals surface area contributed by atoms with Crippen LogP contribution in [0.15, 0.2) is 4.90 Å². The number of aromatic amines is 1. The highest BCUT2D eigenvalue weighted by Crippen LogP contribution is 2.30. The zero-order chi connectivity index (χ0) is 14.1. The molecule has 0 unspecified atom stereocenters. The molecule has 0 aliphatic heterocycles. The van der Waals surface area contributed by atoms with E-state index in [1.54, 1.807) is 6.92 Å². The van der Waals surface area contributed by atoms with Gasteiger partial charge in [0.1, 0.15) is 10.6 Å². The Labute approximate surface area is 113 Å². The van der Waals surface area contributed by atoms with E-state index in [1.807, 2.05) is 6.92 Å².